The maximum atomic E-state index is 11.6. The Kier molecular flexibility index (Phi) is 9.98. The Bertz CT molecular complexity index is 1900. The minimum atomic E-state index is -0.888. The van der Waals surface area contributed by atoms with Gasteiger partial charge in [0.2, 0.25) is 0 Å². The van der Waals surface area contributed by atoms with Crippen molar-refractivity contribution in [3.63, 3.8) is 0 Å². The topological polar surface area (TPSA) is 129 Å². The number of thiol groups is 1. The van der Waals surface area contributed by atoms with E-state index in [1.54, 1.807) is 0 Å². The van der Waals surface area contributed by atoms with E-state index in [2.05, 4.69) is 13.8 Å². The van der Waals surface area contributed by atoms with E-state index < -0.39 is 11.9 Å². The number of carboxylic acids is 2. The summed E-state index contributed by atoms with van der Waals surface area (Å²) in [5.41, 5.74) is 13.7. The summed E-state index contributed by atoms with van der Waals surface area (Å²) in [6, 6.07) is 7.84. The minimum Gasteiger partial charge on any atom is -0.657 e. The maximum absolute atomic E-state index is 11.6. The first kappa shape index (κ1) is 33.3. The van der Waals surface area contributed by atoms with Gasteiger partial charge in [-0.05, 0) is 81.7 Å². The van der Waals surface area contributed by atoms with E-state index in [0.717, 1.165) is 78.9 Å². The molecule has 0 amide bonds. The predicted octanol–water partition coefficient (Wildman–Crippen LogP) is 7.33. The van der Waals surface area contributed by atoms with Crippen LogP contribution in [0.4, 0.5) is 0 Å². The normalized spacial score (nSPS) is 13.7. The molecule has 0 aliphatic carbocycles. The third-order valence-electron chi connectivity index (χ3n) is 8.51. The number of hydrogen-bond donors (Lipinski definition) is 3. The van der Waals surface area contributed by atoms with Crippen LogP contribution in [0.1, 0.15) is 104 Å². The molecule has 0 saturated heterocycles. The molecule has 230 valence electrons. The van der Waals surface area contributed by atoms with Gasteiger partial charge in [0.25, 0.3) is 0 Å². The van der Waals surface area contributed by atoms with Crippen LogP contribution in [0.3, 0.4) is 0 Å². The molecule has 0 saturated carbocycles. The summed E-state index contributed by atoms with van der Waals surface area (Å²) in [5.74, 6) is -1.77. The third kappa shape index (κ3) is 6.29. The van der Waals surface area contributed by atoms with Crippen molar-refractivity contribution >= 4 is 68.9 Å². The summed E-state index contributed by atoms with van der Waals surface area (Å²) in [7, 11) is 0. The first-order valence-electron chi connectivity index (χ1n) is 14.6. The average molecular weight is 653 g/mol. The van der Waals surface area contributed by atoms with Crippen LogP contribution in [0, 0.1) is 13.8 Å². The van der Waals surface area contributed by atoms with Crippen molar-refractivity contribution in [2.45, 2.75) is 78.9 Å². The summed E-state index contributed by atoms with van der Waals surface area (Å²) in [4.78, 5) is 43.1. The van der Waals surface area contributed by atoms with E-state index in [0.29, 0.717) is 29.7 Å². The molecule has 1 atom stereocenters. The van der Waals surface area contributed by atoms with Crippen LogP contribution in [0.25, 0.3) is 44.4 Å². The predicted molar refractivity (Wildman–Crippen MR) is 174 cm³/mol. The quantitative estimate of drug-likeness (QED) is 0.171. The molecule has 8 nitrogen and oxygen atoms in total. The second-order valence-corrected chi connectivity index (χ2v) is 12.0. The standard InChI is InChI=1S/C34H38N4O4S.Fe/c1-7-21-16(2)26-14-31-34(20(6)43)19(5)27(38-31)12-24-17(3)22(8-10-32(39)40)29(36-24)15-30-23(9-11-33(41)42)18(4)25(37-30)13-28(21)35-26;/h12-15,20H,7-11H2,1-6H3,(H5,35,36,37,38,39,40,41,42,43);/q;+2/p-2/t20-;/m1./s1. The van der Waals surface area contributed by atoms with E-state index in [1.165, 1.54) is 0 Å². The molecule has 44 heavy (non-hydrogen) atoms. The molecule has 0 unspecified atom stereocenters. The number of nitrogens with zero attached hydrogens (tertiary/aromatic N) is 4. The van der Waals surface area contributed by atoms with Crippen molar-refractivity contribution in [1.29, 1.82) is 0 Å². The summed E-state index contributed by atoms with van der Waals surface area (Å²) < 4.78 is 0. The molecule has 0 spiro atoms. The Morgan fingerprint density at radius 2 is 1.23 bits per heavy atom. The molecular formula is C34H36FeN4O4S. The van der Waals surface area contributed by atoms with Gasteiger partial charge in [0.1, 0.15) is 0 Å². The number of carboxylic acid groups (broad SMARTS) is 2. The van der Waals surface area contributed by atoms with Crippen LogP contribution in [0.5, 0.6) is 0 Å². The smallest absolute Gasteiger partial charge is 0.657 e. The van der Waals surface area contributed by atoms with Crippen molar-refractivity contribution < 1.29 is 36.9 Å². The van der Waals surface area contributed by atoms with E-state index in [1.807, 2.05) is 52.0 Å². The molecule has 8 bridgehead atoms. The van der Waals surface area contributed by atoms with E-state index in [4.69, 9.17) is 32.6 Å². The Morgan fingerprint density at radius 1 is 0.750 bits per heavy atom. The second-order valence-electron chi connectivity index (χ2n) is 11.3. The van der Waals surface area contributed by atoms with Gasteiger partial charge in [0.05, 0.1) is 22.8 Å². The number of fused-ring (bicyclic) bond motifs is 8. The monoisotopic (exact) mass is 652 g/mol. The number of hydrogen-bond acceptors (Lipinski definition) is 5. The Balaban J connectivity index is 0.00000442. The molecule has 3 aromatic rings. The van der Waals surface area contributed by atoms with Crippen LogP contribution < -0.4 is 9.97 Å². The SMILES string of the molecule is CCC1=C(C)c2cc3[n-]c(cc4nc(cc5[n-]c(cc1n2)c(C)c5CCC(=O)O)C(CCC(=O)O)=C4C)c(C)c3[C@@H](C)S.[Fe+2]. The fourth-order valence-corrected chi connectivity index (χ4v) is 6.43. The maximum Gasteiger partial charge on any atom is 2.00 e. The second kappa shape index (κ2) is 13.2. The molecule has 5 rings (SSSR count). The summed E-state index contributed by atoms with van der Waals surface area (Å²) in [6.45, 7) is 12.2. The van der Waals surface area contributed by atoms with Crippen LogP contribution >= 0.6 is 12.6 Å². The van der Waals surface area contributed by atoms with E-state index in [-0.39, 0.29) is 35.2 Å². The largest absolute Gasteiger partial charge is 2.00 e. The summed E-state index contributed by atoms with van der Waals surface area (Å²) >= 11 is 4.79. The van der Waals surface area contributed by atoms with Crippen LogP contribution in [0.15, 0.2) is 24.3 Å². The first-order chi connectivity index (χ1) is 20.4. The molecule has 0 aromatic carbocycles. The molecule has 2 aliphatic rings. The number of aliphatic carboxylic acids is 2. The molecule has 5 heterocycles. The Labute approximate surface area is 273 Å². The minimum absolute atomic E-state index is 0. The van der Waals surface area contributed by atoms with Gasteiger partial charge >= 0.3 is 29.0 Å². The van der Waals surface area contributed by atoms with Gasteiger partial charge in [-0.1, -0.05) is 47.9 Å². The first-order valence-corrected chi connectivity index (χ1v) is 15.1. The molecule has 2 N–H and O–H groups in total. The zero-order valence-corrected chi connectivity index (χ0v) is 27.7. The van der Waals surface area contributed by atoms with Gasteiger partial charge in [0, 0.05) is 18.1 Å². The molecule has 0 fully saturated rings. The molecular weight excluding hydrogens is 616 g/mol. The van der Waals surface area contributed by atoms with Gasteiger partial charge in [-0.25, -0.2) is 9.97 Å². The number of carbonyl (C=O) groups is 2. The number of rotatable bonds is 8. The fraction of sp³-hybridized carbons (Fsp3) is 0.353. The average Bonchev–Trinajstić information content (AvgIpc) is 3.59. The zero-order valence-electron chi connectivity index (χ0n) is 25.7. The Morgan fingerprint density at radius 3 is 1.82 bits per heavy atom. The molecule has 2 aliphatic heterocycles. The van der Waals surface area contributed by atoms with E-state index in [9.17, 15) is 19.8 Å². The van der Waals surface area contributed by atoms with Gasteiger partial charge in [-0.3, -0.25) is 9.59 Å². The van der Waals surface area contributed by atoms with Crippen molar-refractivity contribution in [1.82, 2.24) is 19.9 Å². The number of allylic oxidation sites excluding steroid dienone is 4. The number of aryl methyl sites for hydroxylation is 3. The van der Waals surface area contributed by atoms with Gasteiger partial charge in [0.15, 0.2) is 0 Å². The van der Waals surface area contributed by atoms with Crippen molar-refractivity contribution in [2.75, 3.05) is 0 Å². The van der Waals surface area contributed by atoms with Crippen LogP contribution in [0.2, 0.25) is 0 Å². The van der Waals surface area contributed by atoms with Gasteiger partial charge in [-0.15, -0.1) is 22.1 Å². The number of aromatic nitrogens is 4. The summed E-state index contributed by atoms with van der Waals surface area (Å²) in [6.07, 6.45) is 1.34. The van der Waals surface area contributed by atoms with Crippen molar-refractivity contribution in [3.8, 4) is 0 Å². The van der Waals surface area contributed by atoms with Crippen LogP contribution in [-0.4, -0.2) is 32.1 Å². The van der Waals surface area contributed by atoms with Crippen molar-refractivity contribution in [2.24, 2.45) is 0 Å². The third-order valence-corrected chi connectivity index (χ3v) is 8.77. The van der Waals surface area contributed by atoms with Gasteiger partial charge in [-0.2, -0.15) is 12.6 Å². The molecule has 10 heteroatoms. The Hall–Kier alpha value is -3.59. The van der Waals surface area contributed by atoms with E-state index >= 15 is 0 Å². The molecule has 3 aromatic heterocycles. The summed E-state index contributed by atoms with van der Waals surface area (Å²) in [5, 5.41) is 18.9. The van der Waals surface area contributed by atoms with Crippen molar-refractivity contribution in [3.05, 3.63) is 69.3 Å². The van der Waals surface area contributed by atoms with Crippen LogP contribution in [-0.2, 0) is 33.1 Å². The van der Waals surface area contributed by atoms with Gasteiger partial charge < -0.3 is 20.2 Å². The zero-order chi connectivity index (χ0) is 31.2. The molecule has 0 radical (unpaired) electrons. The fourth-order valence-electron chi connectivity index (χ4n) is 6.10.